The molecule has 2 amide bonds. The van der Waals surface area contributed by atoms with E-state index in [9.17, 15) is 19.2 Å². The van der Waals surface area contributed by atoms with Gasteiger partial charge in [-0.1, -0.05) is 13.8 Å². The highest BCUT2D eigenvalue weighted by atomic mass is 16.5. The Bertz CT molecular complexity index is 463. The molecule has 8 nitrogen and oxygen atoms in total. The number of hydrogen-bond donors (Lipinski definition) is 2. The fourth-order valence-electron chi connectivity index (χ4n) is 2.20. The van der Waals surface area contributed by atoms with Crippen LogP contribution in [0, 0.1) is 5.92 Å². The van der Waals surface area contributed by atoms with E-state index in [1.165, 1.54) is 4.90 Å². The Morgan fingerprint density at radius 1 is 1.35 bits per heavy atom. The molecule has 1 rings (SSSR count). The number of carbonyl (C=O) groups excluding carboxylic acids is 3. The molecule has 1 atom stereocenters. The van der Waals surface area contributed by atoms with E-state index in [-0.39, 0.29) is 39.0 Å². The molecular formula is C15H24N2O6. The number of esters is 1. The average Bonchev–Trinajstić information content (AvgIpc) is 2.46. The maximum atomic E-state index is 12.1. The molecule has 1 aliphatic rings. The molecule has 0 radical (unpaired) electrons. The largest absolute Gasteiger partial charge is 0.481 e. The van der Waals surface area contributed by atoms with Crippen molar-refractivity contribution in [1.82, 2.24) is 10.2 Å². The first kappa shape index (κ1) is 18.9. The number of aliphatic carboxylic acids is 1. The fourth-order valence-corrected chi connectivity index (χ4v) is 2.20. The number of hydrogen-bond acceptors (Lipinski definition) is 5. The Balaban J connectivity index is 2.59. The summed E-state index contributed by atoms with van der Waals surface area (Å²) in [5.74, 6) is -2.08. The summed E-state index contributed by atoms with van der Waals surface area (Å²) in [5, 5.41) is 11.2. The molecule has 0 aromatic heterocycles. The van der Waals surface area contributed by atoms with Crippen LogP contribution in [0.1, 0.15) is 39.5 Å². The lowest BCUT2D eigenvalue weighted by molar-refractivity contribution is -0.152. The number of ether oxygens (including phenoxy) is 1. The van der Waals surface area contributed by atoms with Crippen molar-refractivity contribution in [3.05, 3.63) is 0 Å². The molecule has 1 fully saturated rings. The predicted molar refractivity (Wildman–Crippen MR) is 80.4 cm³/mol. The monoisotopic (exact) mass is 328 g/mol. The second-order valence-electron chi connectivity index (χ2n) is 5.89. The normalized spacial score (nSPS) is 17.8. The first-order valence-electron chi connectivity index (χ1n) is 7.76. The summed E-state index contributed by atoms with van der Waals surface area (Å²) in [7, 11) is 0. The Morgan fingerprint density at radius 3 is 2.65 bits per heavy atom. The predicted octanol–water partition coefficient (Wildman–Crippen LogP) is 0.158. The van der Waals surface area contributed by atoms with Gasteiger partial charge in [0.05, 0.1) is 19.4 Å². The van der Waals surface area contributed by atoms with Crippen LogP contribution in [0.3, 0.4) is 0 Å². The van der Waals surface area contributed by atoms with Crippen LogP contribution in [-0.2, 0) is 23.9 Å². The third-order valence-electron chi connectivity index (χ3n) is 3.52. The first-order valence-corrected chi connectivity index (χ1v) is 7.76. The van der Waals surface area contributed by atoms with Gasteiger partial charge in [0.25, 0.3) is 0 Å². The lowest BCUT2D eigenvalue weighted by atomic mass is 10.1. The Morgan fingerprint density at radius 2 is 2.04 bits per heavy atom. The minimum atomic E-state index is -1.08. The molecular weight excluding hydrogens is 304 g/mol. The summed E-state index contributed by atoms with van der Waals surface area (Å²) in [6.07, 6.45) is 0.0105. The molecule has 0 aromatic carbocycles. The number of piperazine rings is 1. The van der Waals surface area contributed by atoms with Gasteiger partial charge in [-0.15, -0.1) is 0 Å². The van der Waals surface area contributed by atoms with Crippen molar-refractivity contribution < 1.29 is 29.0 Å². The summed E-state index contributed by atoms with van der Waals surface area (Å²) in [4.78, 5) is 47.7. The van der Waals surface area contributed by atoms with Gasteiger partial charge < -0.3 is 20.1 Å². The smallest absolute Gasteiger partial charge is 0.308 e. The van der Waals surface area contributed by atoms with Crippen LogP contribution in [-0.4, -0.2) is 59.5 Å². The molecule has 2 N–H and O–H groups in total. The number of carboxylic acids is 1. The maximum Gasteiger partial charge on any atom is 0.308 e. The SMILES string of the molecule is CC(C)CCOC(=O)CC1C(=O)NCCN1C(=O)CCC(=O)O. The van der Waals surface area contributed by atoms with Crippen LogP contribution < -0.4 is 5.32 Å². The van der Waals surface area contributed by atoms with E-state index >= 15 is 0 Å². The Labute approximate surface area is 135 Å². The number of rotatable bonds is 8. The minimum absolute atomic E-state index is 0.193. The van der Waals surface area contributed by atoms with E-state index in [1.54, 1.807) is 0 Å². The van der Waals surface area contributed by atoms with Crippen molar-refractivity contribution in [3.8, 4) is 0 Å². The van der Waals surface area contributed by atoms with Gasteiger partial charge in [-0.25, -0.2) is 0 Å². The molecule has 1 saturated heterocycles. The average molecular weight is 328 g/mol. The first-order chi connectivity index (χ1) is 10.8. The van der Waals surface area contributed by atoms with Crippen molar-refractivity contribution in [1.29, 1.82) is 0 Å². The summed E-state index contributed by atoms with van der Waals surface area (Å²) in [6.45, 7) is 4.83. The zero-order chi connectivity index (χ0) is 17.4. The standard InChI is InChI=1S/C15H24N2O6/c1-10(2)5-8-23-14(21)9-11-15(22)16-6-7-17(11)12(18)3-4-13(19)20/h10-11H,3-9H2,1-2H3,(H,16,22)(H,19,20). The van der Waals surface area contributed by atoms with Crippen LogP contribution in [0.15, 0.2) is 0 Å². The number of amides is 2. The third kappa shape index (κ3) is 6.66. The summed E-state index contributed by atoms with van der Waals surface area (Å²) < 4.78 is 5.08. The van der Waals surface area contributed by atoms with Crippen LogP contribution in [0.25, 0.3) is 0 Å². The van der Waals surface area contributed by atoms with Gasteiger partial charge in [0.1, 0.15) is 6.04 Å². The summed E-state index contributed by atoms with van der Waals surface area (Å²) in [5.41, 5.74) is 0. The van der Waals surface area contributed by atoms with E-state index in [0.29, 0.717) is 5.92 Å². The fraction of sp³-hybridized carbons (Fsp3) is 0.733. The number of nitrogens with one attached hydrogen (secondary N) is 1. The number of carboxylic acid groups (broad SMARTS) is 1. The van der Waals surface area contributed by atoms with Gasteiger partial charge in [0.15, 0.2) is 0 Å². The van der Waals surface area contributed by atoms with Crippen LogP contribution in [0.2, 0.25) is 0 Å². The van der Waals surface area contributed by atoms with E-state index in [4.69, 9.17) is 9.84 Å². The highest BCUT2D eigenvalue weighted by Crippen LogP contribution is 2.13. The minimum Gasteiger partial charge on any atom is -0.481 e. The molecule has 0 bridgehead atoms. The number of carbonyl (C=O) groups is 4. The molecule has 1 heterocycles. The van der Waals surface area contributed by atoms with Crippen LogP contribution in [0.5, 0.6) is 0 Å². The van der Waals surface area contributed by atoms with Crippen molar-refractivity contribution in [2.75, 3.05) is 19.7 Å². The van der Waals surface area contributed by atoms with Gasteiger partial charge in [-0.3, -0.25) is 19.2 Å². The summed E-state index contributed by atoms with van der Waals surface area (Å²) >= 11 is 0. The molecule has 0 spiro atoms. The van der Waals surface area contributed by atoms with Crippen LogP contribution in [0.4, 0.5) is 0 Å². The van der Waals surface area contributed by atoms with Crippen molar-refractivity contribution in [2.45, 2.75) is 45.6 Å². The summed E-state index contributed by atoms with van der Waals surface area (Å²) in [6, 6.07) is -0.934. The quantitative estimate of drug-likeness (QED) is 0.614. The van der Waals surface area contributed by atoms with Gasteiger partial charge in [0.2, 0.25) is 11.8 Å². The van der Waals surface area contributed by atoms with Gasteiger partial charge >= 0.3 is 11.9 Å². The highest BCUT2D eigenvalue weighted by molar-refractivity contribution is 5.92. The molecule has 130 valence electrons. The van der Waals surface area contributed by atoms with E-state index in [1.807, 2.05) is 13.8 Å². The molecule has 8 heteroatoms. The van der Waals surface area contributed by atoms with Crippen LogP contribution >= 0.6 is 0 Å². The van der Waals surface area contributed by atoms with E-state index in [0.717, 1.165) is 6.42 Å². The molecule has 23 heavy (non-hydrogen) atoms. The molecule has 1 unspecified atom stereocenters. The topological polar surface area (TPSA) is 113 Å². The molecule has 0 aromatic rings. The lowest BCUT2D eigenvalue weighted by Gasteiger charge is -2.34. The third-order valence-corrected chi connectivity index (χ3v) is 3.52. The van der Waals surface area contributed by atoms with E-state index < -0.39 is 29.8 Å². The zero-order valence-corrected chi connectivity index (χ0v) is 13.5. The van der Waals surface area contributed by atoms with Crippen molar-refractivity contribution in [2.24, 2.45) is 5.92 Å². The second-order valence-corrected chi connectivity index (χ2v) is 5.89. The maximum absolute atomic E-state index is 12.1. The molecule has 0 saturated carbocycles. The van der Waals surface area contributed by atoms with Crippen molar-refractivity contribution >= 4 is 23.8 Å². The zero-order valence-electron chi connectivity index (χ0n) is 13.5. The van der Waals surface area contributed by atoms with Crippen molar-refractivity contribution in [3.63, 3.8) is 0 Å². The molecule has 1 aliphatic heterocycles. The second kappa shape index (κ2) is 9.12. The van der Waals surface area contributed by atoms with Gasteiger partial charge in [-0.05, 0) is 12.3 Å². The highest BCUT2D eigenvalue weighted by Gasteiger charge is 2.35. The number of nitrogens with zero attached hydrogens (tertiary/aromatic N) is 1. The van der Waals surface area contributed by atoms with E-state index in [2.05, 4.69) is 5.32 Å². The van der Waals surface area contributed by atoms with Gasteiger partial charge in [-0.2, -0.15) is 0 Å². The van der Waals surface area contributed by atoms with Gasteiger partial charge in [0, 0.05) is 19.5 Å². The molecule has 0 aliphatic carbocycles. The lowest BCUT2D eigenvalue weighted by Crippen LogP contribution is -2.57. The Hall–Kier alpha value is -2.12. The Kier molecular flexibility index (Phi) is 7.50.